The van der Waals surface area contributed by atoms with Crippen LogP contribution in [0.5, 0.6) is 0 Å². The minimum absolute atomic E-state index is 0.289. The van der Waals surface area contributed by atoms with Gasteiger partial charge in [0.25, 0.3) is 5.91 Å². The van der Waals surface area contributed by atoms with E-state index in [0.717, 1.165) is 5.56 Å². The fourth-order valence-corrected chi connectivity index (χ4v) is 2.25. The molecular formula is C14H13Cl2N3O. The second-order valence-corrected chi connectivity index (χ2v) is 5.21. The number of rotatable bonds is 2. The summed E-state index contributed by atoms with van der Waals surface area (Å²) in [6.45, 7) is 3.60. The highest BCUT2D eigenvalue weighted by Crippen LogP contribution is 2.33. The summed E-state index contributed by atoms with van der Waals surface area (Å²) >= 11 is 12.2. The molecule has 20 heavy (non-hydrogen) atoms. The van der Waals surface area contributed by atoms with Gasteiger partial charge in [-0.05, 0) is 37.6 Å². The first kappa shape index (κ1) is 14.6. The predicted octanol–water partition coefficient (Wildman–Crippen LogP) is 3.84. The van der Waals surface area contributed by atoms with Crippen LogP contribution in [0.3, 0.4) is 0 Å². The molecule has 0 saturated heterocycles. The van der Waals surface area contributed by atoms with Crippen LogP contribution in [0.15, 0.2) is 24.3 Å². The van der Waals surface area contributed by atoms with Gasteiger partial charge in [0, 0.05) is 11.3 Å². The van der Waals surface area contributed by atoms with Crippen LogP contribution in [0.4, 0.5) is 11.5 Å². The van der Waals surface area contributed by atoms with Crippen LogP contribution in [0.25, 0.3) is 0 Å². The first-order valence-corrected chi connectivity index (χ1v) is 6.64. The third-order valence-corrected chi connectivity index (χ3v) is 3.56. The Morgan fingerprint density at radius 3 is 2.60 bits per heavy atom. The number of amides is 1. The second kappa shape index (κ2) is 5.69. The molecule has 0 saturated carbocycles. The lowest BCUT2D eigenvalue weighted by molar-refractivity contribution is 0.102. The SMILES string of the molecule is Cc1cc(C(=O)Nc2c(Cl)ccc(C)c2Cl)cc(N)n1. The quantitative estimate of drug-likeness (QED) is 0.885. The van der Waals surface area contributed by atoms with E-state index >= 15 is 0 Å². The summed E-state index contributed by atoms with van der Waals surface area (Å²) in [4.78, 5) is 16.2. The lowest BCUT2D eigenvalue weighted by Crippen LogP contribution is -2.14. The molecule has 0 aliphatic rings. The standard InChI is InChI=1S/C14H13Cl2N3O/c1-7-3-4-10(15)13(12(7)16)19-14(20)9-5-8(2)18-11(17)6-9/h3-6H,1-2H3,(H2,17,18)(H,19,20). The van der Waals surface area contributed by atoms with E-state index in [1.165, 1.54) is 6.07 Å². The molecular weight excluding hydrogens is 297 g/mol. The summed E-state index contributed by atoms with van der Waals surface area (Å²) in [5.74, 6) is -0.0480. The van der Waals surface area contributed by atoms with E-state index in [1.807, 2.05) is 6.92 Å². The van der Waals surface area contributed by atoms with Crippen LogP contribution in [0.2, 0.25) is 10.0 Å². The molecule has 2 rings (SSSR count). The Morgan fingerprint density at radius 1 is 1.25 bits per heavy atom. The molecule has 0 bridgehead atoms. The molecule has 0 atom stereocenters. The Morgan fingerprint density at radius 2 is 1.95 bits per heavy atom. The summed E-state index contributed by atoms with van der Waals surface area (Å²) < 4.78 is 0. The highest BCUT2D eigenvalue weighted by molar-refractivity contribution is 6.40. The van der Waals surface area contributed by atoms with Gasteiger partial charge in [0.2, 0.25) is 0 Å². The molecule has 6 heteroatoms. The van der Waals surface area contributed by atoms with Gasteiger partial charge in [-0.1, -0.05) is 29.3 Å². The maximum Gasteiger partial charge on any atom is 0.255 e. The van der Waals surface area contributed by atoms with Crippen molar-refractivity contribution >= 4 is 40.6 Å². The number of pyridine rings is 1. The van der Waals surface area contributed by atoms with Gasteiger partial charge in [0.05, 0.1) is 15.7 Å². The maximum atomic E-state index is 12.2. The van der Waals surface area contributed by atoms with Gasteiger partial charge in [-0.15, -0.1) is 0 Å². The Bertz CT molecular complexity index is 666. The van der Waals surface area contributed by atoms with Crippen LogP contribution in [0, 0.1) is 13.8 Å². The number of hydrogen-bond donors (Lipinski definition) is 2. The predicted molar refractivity (Wildman–Crippen MR) is 82.5 cm³/mol. The van der Waals surface area contributed by atoms with Gasteiger partial charge in [0.15, 0.2) is 0 Å². The van der Waals surface area contributed by atoms with E-state index in [1.54, 1.807) is 25.1 Å². The number of nitrogens with two attached hydrogens (primary N) is 1. The Labute approximate surface area is 126 Å². The minimum atomic E-state index is -0.336. The lowest BCUT2D eigenvalue weighted by Gasteiger charge is -2.11. The first-order valence-electron chi connectivity index (χ1n) is 5.88. The van der Waals surface area contributed by atoms with Crippen LogP contribution in [-0.4, -0.2) is 10.9 Å². The fraction of sp³-hybridized carbons (Fsp3) is 0.143. The number of carbonyl (C=O) groups excluding carboxylic acids is 1. The number of nitrogens with zero attached hydrogens (tertiary/aromatic N) is 1. The number of carbonyl (C=O) groups is 1. The van der Waals surface area contributed by atoms with Crippen molar-refractivity contribution in [2.24, 2.45) is 0 Å². The summed E-state index contributed by atoms with van der Waals surface area (Å²) in [6.07, 6.45) is 0. The van der Waals surface area contributed by atoms with E-state index in [-0.39, 0.29) is 11.7 Å². The number of aromatic nitrogens is 1. The summed E-state index contributed by atoms with van der Waals surface area (Å²) in [5.41, 5.74) is 7.93. The molecule has 0 spiro atoms. The molecule has 1 aromatic heterocycles. The van der Waals surface area contributed by atoms with Crippen molar-refractivity contribution in [1.29, 1.82) is 0 Å². The number of benzene rings is 1. The highest BCUT2D eigenvalue weighted by Gasteiger charge is 2.14. The van der Waals surface area contributed by atoms with Gasteiger partial charge in [-0.25, -0.2) is 4.98 Å². The van der Waals surface area contributed by atoms with E-state index in [9.17, 15) is 4.79 Å². The third-order valence-electron chi connectivity index (χ3n) is 2.76. The van der Waals surface area contributed by atoms with E-state index in [2.05, 4.69) is 10.3 Å². The first-order chi connectivity index (χ1) is 9.38. The zero-order valence-corrected chi connectivity index (χ0v) is 12.5. The van der Waals surface area contributed by atoms with E-state index < -0.39 is 0 Å². The number of hydrogen-bond acceptors (Lipinski definition) is 3. The van der Waals surface area contributed by atoms with Crippen LogP contribution in [0.1, 0.15) is 21.6 Å². The maximum absolute atomic E-state index is 12.2. The Balaban J connectivity index is 2.35. The molecule has 0 fully saturated rings. The van der Waals surface area contributed by atoms with Gasteiger partial charge in [-0.2, -0.15) is 0 Å². The molecule has 0 aliphatic carbocycles. The van der Waals surface area contributed by atoms with Gasteiger partial charge in [-0.3, -0.25) is 4.79 Å². The van der Waals surface area contributed by atoms with Crippen molar-refractivity contribution in [2.75, 3.05) is 11.1 Å². The number of anilines is 2. The van der Waals surface area contributed by atoms with Crippen LogP contribution in [-0.2, 0) is 0 Å². The molecule has 1 amide bonds. The monoisotopic (exact) mass is 309 g/mol. The average molecular weight is 310 g/mol. The number of aryl methyl sites for hydroxylation is 2. The molecule has 0 aliphatic heterocycles. The number of nitrogens with one attached hydrogen (secondary N) is 1. The van der Waals surface area contributed by atoms with Crippen LogP contribution >= 0.6 is 23.2 Å². The number of halogens is 2. The smallest absolute Gasteiger partial charge is 0.255 e. The topological polar surface area (TPSA) is 68.0 Å². The average Bonchev–Trinajstić information content (AvgIpc) is 2.38. The van der Waals surface area contributed by atoms with E-state index in [4.69, 9.17) is 28.9 Å². The molecule has 3 N–H and O–H groups in total. The van der Waals surface area contributed by atoms with E-state index in [0.29, 0.717) is 27.0 Å². The lowest BCUT2D eigenvalue weighted by atomic mass is 10.2. The van der Waals surface area contributed by atoms with Crippen LogP contribution < -0.4 is 11.1 Å². The molecule has 104 valence electrons. The molecule has 0 unspecified atom stereocenters. The summed E-state index contributed by atoms with van der Waals surface area (Å²) in [5, 5.41) is 3.51. The Kier molecular flexibility index (Phi) is 4.16. The van der Waals surface area contributed by atoms with Gasteiger partial charge in [0.1, 0.15) is 5.82 Å². The fourth-order valence-electron chi connectivity index (χ4n) is 1.78. The largest absolute Gasteiger partial charge is 0.384 e. The zero-order valence-electron chi connectivity index (χ0n) is 11.0. The minimum Gasteiger partial charge on any atom is -0.384 e. The van der Waals surface area contributed by atoms with Crippen molar-refractivity contribution in [3.8, 4) is 0 Å². The molecule has 0 radical (unpaired) electrons. The van der Waals surface area contributed by atoms with Gasteiger partial charge < -0.3 is 11.1 Å². The van der Waals surface area contributed by atoms with Crippen molar-refractivity contribution in [2.45, 2.75) is 13.8 Å². The second-order valence-electron chi connectivity index (χ2n) is 4.43. The van der Waals surface area contributed by atoms with Crippen molar-refractivity contribution in [3.63, 3.8) is 0 Å². The third kappa shape index (κ3) is 3.03. The number of nitrogen functional groups attached to an aromatic ring is 1. The highest BCUT2D eigenvalue weighted by atomic mass is 35.5. The summed E-state index contributed by atoms with van der Waals surface area (Å²) in [7, 11) is 0. The molecule has 2 aromatic rings. The van der Waals surface area contributed by atoms with Crippen molar-refractivity contribution < 1.29 is 4.79 Å². The van der Waals surface area contributed by atoms with Gasteiger partial charge >= 0.3 is 0 Å². The molecule has 1 heterocycles. The van der Waals surface area contributed by atoms with Crippen molar-refractivity contribution in [3.05, 3.63) is 51.1 Å². The Hall–Kier alpha value is -1.78. The normalized spacial score (nSPS) is 10.4. The van der Waals surface area contributed by atoms with Crippen molar-refractivity contribution in [1.82, 2.24) is 4.98 Å². The molecule has 4 nitrogen and oxygen atoms in total. The molecule has 1 aromatic carbocycles. The zero-order chi connectivity index (χ0) is 14.9. The summed E-state index contributed by atoms with van der Waals surface area (Å²) in [6, 6.07) is 6.61.